The molecule has 0 spiro atoms. The van der Waals surface area contributed by atoms with Gasteiger partial charge >= 0.3 is 12.1 Å². The van der Waals surface area contributed by atoms with Crippen LogP contribution in [-0.2, 0) is 21.4 Å². The number of primary amides is 1. The lowest BCUT2D eigenvalue weighted by molar-refractivity contribution is 0.0640. The fraction of sp³-hybridized carbons (Fsp3) is 0.136. The van der Waals surface area contributed by atoms with Crippen LogP contribution in [0, 0.1) is 5.82 Å². The van der Waals surface area contributed by atoms with Crippen LogP contribution in [0.2, 0.25) is 0 Å². The van der Waals surface area contributed by atoms with Crippen LogP contribution in [0.15, 0.2) is 51.7 Å². The van der Waals surface area contributed by atoms with Gasteiger partial charge in [0, 0.05) is 29.4 Å². The van der Waals surface area contributed by atoms with Crippen LogP contribution in [-0.4, -0.2) is 38.8 Å². The Morgan fingerprint density at radius 2 is 1.94 bits per heavy atom. The van der Waals surface area contributed by atoms with Gasteiger partial charge in [0.05, 0.1) is 23.1 Å². The number of anilines is 1. The third-order valence-electron chi connectivity index (χ3n) is 4.97. The molecule has 2 N–H and O–H groups in total. The first-order chi connectivity index (χ1) is 16.5. The number of thiazole rings is 1. The topological polar surface area (TPSA) is 142 Å². The van der Waals surface area contributed by atoms with Crippen molar-refractivity contribution in [2.24, 2.45) is 5.73 Å². The van der Waals surface area contributed by atoms with Crippen LogP contribution in [0.3, 0.4) is 0 Å². The van der Waals surface area contributed by atoms with Gasteiger partial charge in [0.2, 0.25) is 10.0 Å². The minimum Gasteiger partial charge on any atom is -0.485 e. The second-order valence-corrected chi connectivity index (χ2v) is 10.1. The van der Waals surface area contributed by atoms with E-state index in [0.29, 0.717) is 11.3 Å². The van der Waals surface area contributed by atoms with E-state index in [1.54, 1.807) is 10.9 Å². The summed E-state index contributed by atoms with van der Waals surface area (Å²) in [5, 5.41) is 1.92. The number of benzene rings is 2. The smallest absolute Gasteiger partial charge is 0.412 e. The molecule has 4 rings (SSSR count). The minimum atomic E-state index is -3.71. The molecular weight excluding hydrogens is 501 g/mol. The molecule has 0 unspecified atom stereocenters. The summed E-state index contributed by atoms with van der Waals surface area (Å²) in [5.41, 5.74) is 7.61. The quantitative estimate of drug-likeness (QED) is 0.286. The Morgan fingerprint density at radius 1 is 1.23 bits per heavy atom. The number of nitrogens with two attached hydrogens (primary N) is 1. The number of ether oxygens (including phenoxy) is 2. The fourth-order valence-electron chi connectivity index (χ4n) is 3.26. The minimum absolute atomic E-state index is 0.0172. The summed E-state index contributed by atoms with van der Waals surface area (Å²) in [7, 11) is -2.38. The normalized spacial score (nSPS) is 11.4. The van der Waals surface area contributed by atoms with Gasteiger partial charge in [0.15, 0.2) is 0 Å². The SMILES string of the molecule is CN(c1cc2oc(-c3ccc(F)cc3)c(C(=O)OC(N)=O)c2cc1OCc1cscn1)S(C)(=O)=O. The van der Waals surface area contributed by atoms with E-state index in [1.807, 2.05) is 0 Å². The second-order valence-electron chi connectivity index (χ2n) is 7.34. The highest BCUT2D eigenvalue weighted by atomic mass is 32.2. The lowest BCUT2D eigenvalue weighted by atomic mass is 10.0. The first kappa shape index (κ1) is 24.2. The van der Waals surface area contributed by atoms with Gasteiger partial charge in [-0.15, -0.1) is 11.3 Å². The van der Waals surface area contributed by atoms with E-state index < -0.39 is 27.9 Å². The summed E-state index contributed by atoms with van der Waals surface area (Å²) >= 11 is 1.36. The van der Waals surface area contributed by atoms with Crippen LogP contribution in [0.4, 0.5) is 14.9 Å². The molecule has 2 aromatic heterocycles. The second kappa shape index (κ2) is 9.35. The van der Waals surface area contributed by atoms with Gasteiger partial charge in [0.1, 0.15) is 35.1 Å². The van der Waals surface area contributed by atoms with Gasteiger partial charge in [0.25, 0.3) is 0 Å². The Hall–Kier alpha value is -3.97. The number of furan rings is 1. The van der Waals surface area contributed by atoms with Crippen LogP contribution in [0.1, 0.15) is 16.1 Å². The van der Waals surface area contributed by atoms with Crippen LogP contribution in [0.5, 0.6) is 5.75 Å². The highest BCUT2D eigenvalue weighted by Gasteiger charge is 2.28. The molecule has 13 heteroatoms. The zero-order valence-electron chi connectivity index (χ0n) is 18.3. The number of esters is 1. The Balaban J connectivity index is 1.94. The molecule has 0 saturated heterocycles. The molecule has 0 aliphatic heterocycles. The van der Waals surface area contributed by atoms with E-state index in [2.05, 4.69) is 9.72 Å². The number of fused-ring (bicyclic) bond motifs is 1. The lowest BCUT2D eigenvalue weighted by Gasteiger charge is -2.20. The molecule has 0 aliphatic carbocycles. The van der Waals surface area contributed by atoms with Crippen molar-refractivity contribution in [3.63, 3.8) is 0 Å². The number of carbonyl (C=O) groups excluding carboxylic acids is 2. The summed E-state index contributed by atoms with van der Waals surface area (Å²) in [6.45, 7) is 0.0172. The highest BCUT2D eigenvalue weighted by molar-refractivity contribution is 7.92. The van der Waals surface area contributed by atoms with Gasteiger partial charge in [-0.05, 0) is 30.3 Å². The molecule has 0 atom stereocenters. The lowest BCUT2D eigenvalue weighted by Crippen LogP contribution is -2.25. The third kappa shape index (κ3) is 5.10. The monoisotopic (exact) mass is 519 g/mol. The Kier molecular flexibility index (Phi) is 6.45. The van der Waals surface area contributed by atoms with Gasteiger partial charge < -0.3 is 19.6 Å². The highest BCUT2D eigenvalue weighted by Crippen LogP contribution is 2.41. The number of sulfonamides is 1. The summed E-state index contributed by atoms with van der Waals surface area (Å²) in [6, 6.07) is 7.84. The molecular formula is C22H18FN3O7S2. The van der Waals surface area contributed by atoms with Crippen molar-refractivity contribution in [1.29, 1.82) is 0 Å². The standard InChI is InChI=1S/C22H18FN3O7S2/c1-26(35(2,29)30)16-8-17-15(7-18(16)31-9-14-10-34-11-25-14)19(21(27)33-22(24)28)20(32-17)12-3-5-13(23)6-4-12/h3-8,10-11H,9H2,1-2H3,(H2,24,28). The van der Waals surface area contributed by atoms with Crippen LogP contribution in [0.25, 0.3) is 22.3 Å². The number of amides is 1. The Bertz CT molecular complexity index is 1510. The van der Waals surface area contributed by atoms with E-state index in [-0.39, 0.29) is 40.3 Å². The summed E-state index contributed by atoms with van der Waals surface area (Å²) in [4.78, 5) is 28.2. The van der Waals surface area contributed by atoms with Crippen molar-refractivity contribution in [3.05, 3.63) is 64.4 Å². The molecule has 182 valence electrons. The van der Waals surface area contributed by atoms with Crippen molar-refractivity contribution < 1.29 is 36.3 Å². The van der Waals surface area contributed by atoms with E-state index in [1.165, 1.54) is 42.6 Å². The van der Waals surface area contributed by atoms with Crippen LogP contribution >= 0.6 is 11.3 Å². The molecule has 0 radical (unpaired) electrons. The first-order valence-corrected chi connectivity index (χ1v) is 12.7. The van der Waals surface area contributed by atoms with Gasteiger partial charge in [-0.1, -0.05) is 0 Å². The Morgan fingerprint density at radius 3 is 2.54 bits per heavy atom. The van der Waals surface area contributed by atoms with E-state index in [4.69, 9.17) is 14.9 Å². The molecule has 1 amide bonds. The van der Waals surface area contributed by atoms with Crippen molar-refractivity contribution in [3.8, 4) is 17.1 Å². The maximum atomic E-state index is 13.5. The number of nitrogens with zero attached hydrogens (tertiary/aromatic N) is 2. The number of rotatable bonds is 7. The third-order valence-corrected chi connectivity index (χ3v) is 6.80. The summed E-state index contributed by atoms with van der Waals surface area (Å²) in [5.74, 6) is -1.56. The first-order valence-electron chi connectivity index (χ1n) is 9.86. The summed E-state index contributed by atoms with van der Waals surface area (Å²) < 4.78 is 55.3. The molecule has 10 nitrogen and oxygen atoms in total. The number of hydrogen-bond donors (Lipinski definition) is 1. The molecule has 2 heterocycles. The largest absolute Gasteiger partial charge is 0.485 e. The average molecular weight is 520 g/mol. The van der Waals surface area contributed by atoms with Gasteiger partial charge in [-0.3, -0.25) is 4.31 Å². The number of hydrogen-bond acceptors (Lipinski definition) is 9. The van der Waals surface area contributed by atoms with E-state index in [9.17, 15) is 22.4 Å². The zero-order valence-corrected chi connectivity index (χ0v) is 20.0. The molecule has 0 fully saturated rings. The molecule has 0 saturated carbocycles. The molecule has 35 heavy (non-hydrogen) atoms. The molecule has 0 aliphatic rings. The zero-order chi connectivity index (χ0) is 25.3. The van der Waals surface area contributed by atoms with Crippen molar-refractivity contribution >= 4 is 50.1 Å². The molecule has 4 aromatic rings. The number of aromatic nitrogens is 1. The van der Waals surface area contributed by atoms with Crippen LogP contribution < -0.4 is 14.8 Å². The number of carbonyl (C=O) groups is 2. The predicted molar refractivity (Wildman–Crippen MR) is 126 cm³/mol. The summed E-state index contributed by atoms with van der Waals surface area (Å²) in [6.07, 6.45) is -0.314. The fourth-order valence-corrected chi connectivity index (χ4v) is 4.31. The van der Waals surface area contributed by atoms with Gasteiger partial charge in [-0.2, -0.15) is 0 Å². The maximum Gasteiger partial charge on any atom is 0.412 e. The average Bonchev–Trinajstić information content (AvgIpc) is 3.43. The van der Waals surface area contributed by atoms with E-state index >= 15 is 0 Å². The maximum absolute atomic E-state index is 13.5. The van der Waals surface area contributed by atoms with Crippen molar-refractivity contribution in [1.82, 2.24) is 4.98 Å². The molecule has 2 aromatic carbocycles. The molecule has 0 bridgehead atoms. The number of halogens is 1. The Labute approximate surface area is 202 Å². The van der Waals surface area contributed by atoms with Crippen molar-refractivity contribution in [2.45, 2.75) is 6.61 Å². The van der Waals surface area contributed by atoms with E-state index in [0.717, 1.165) is 22.7 Å². The van der Waals surface area contributed by atoms with Gasteiger partial charge in [-0.25, -0.2) is 27.4 Å². The van der Waals surface area contributed by atoms with Crippen molar-refractivity contribution in [2.75, 3.05) is 17.6 Å². The predicted octanol–water partition coefficient (Wildman–Crippen LogP) is 3.91.